The van der Waals surface area contributed by atoms with Gasteiger partial charge in [-0.2, -0.15) is 0 Å². The molecule has 1 aromatic carbocycles. The number of urea groups is 1. The first-order valence-electron chi connectivity index (χ1n) is 8.65. The molecule has 1 N–H and O–H groups in total. The van der Waals surface area contributed by atoms with Crippen molar-refractivity contribution in [2.75, 3.05) is 18.8 Å². The van der Waals surface area contributed by atoms with E-state index in [0.717, 1.165) is 12.8 Å². The summed E-state index contributed by atoms with van der Waals surface area (Å²) < 4.78 is 7.81. The van der Waals surface area contributed by atoms with E-state index in [9.17, 15) is 9.59 Å². The summed E-state index contributed by atoms with van der Waals surface area (Å²) in [6.07, 6.45) is 2.10. The molecule has 1 saturated heterocycles. The van der Waals surface area contributed by atoms with E-state index in [4.69, 9.17) is 16.3 Å². The fraction of sp³-hybridized carbons (Fsp3) is 0.412. The second-order valence-corrected chi connectivity index (χ2v) is 7.63. The van der Waals surface area contributed by atoms with Gasteiger partial charge in [-0.05, 0) is 25.0 Å². The van der Waals surface area contributed by atoms with E-state index in [-0.39, 0.29) is 24.3 Å². The number of benzene rings is 1. The first-order valence-corrected chi connectivity index (χ1v) is 10.0. The van der Waals surface area contributed by atoms with Gasteiger partial charge in [-0.15, -0.1) is 10.2 Å². The Bertz CT molecular complexity index is 870. The van der Waals surface area contributed by atoms with Gasteiger partial charge in [0.05, 0.1) is 10.8 Å². The molecule has 1 aliphatic carbocycles. The highest BCUT2D eigenvalue weighted by Gasteiger charge is 2.31. The van der Waals surface area contributed by atoms with Gasteiger partial charge in [-0.25, -0.2) is 4.79 Å². The van der Waals surface area contributed by atoms with Gasteiger partial charge in [0.15, 0.2) is 11.0 Å². The minimum Gasteiger partial charge on any atom is -0.484 e. The summed E-state index contributed by atoms with van der Waals surface area (Å²) >= 11 is 7.42. The number of amides is 3. The maximum absolute atomic E-state index is 12.2. The molecule has 4 rings (SSSR count). The number of ether oxygens (including phenoxy) is 1. The highest BCUT2D eigenvalue weighted by atomic mass is 35.5. The molecule has 0 unspecified atom stereocenters. The van der Waals surface area contributed by atoms with Crippen LogP contribution < -0.4 is 10.1 Å². The Hall–Kier alpha value is -2.26. The molecule has 2 heterocycles. The van der Waals surface area contributed by atoms with E-state index >= 15 is 0 Å². The first kappa shape index (κ1) is 18.1. The maximum atomic E-state index is 12.2. The zero-order chi connectivity index (χ0) is 18.8. The molecule has 0 atom stereocenters. The quantitative estimate of drug-likeness (QED) is 0.709. The number of carbonyl (C=O) groups is 2. The lowest BCUT2D eigenvalue weighted by molar-refractivity contribution is -0.124. The number of hydrogen-bond acceptors (Lipinski definition) is 6. The summed E-state index contributed by atoms with van der Waals surface area (Å²) in [5.74, 6) is 1.21. The van der Waals surface area contributed by atoms with E-state index in [1.54, 1.807) is 12.1 Å². The monoisotopic (exact) mass is 407 g/mol. The number of rotatable bonds is 7. The molecule has 2 aliphatic rings. The van der Waals surface area contributed by atoms with E-state index in [0.29, 0.717) is 40.9 Å². The molecule has 1 saturated carbocycles. The molecule has 0 bridgehead atoms. The minimum absolute atomic E-state index is 0.143. The molecule has 1 aliphatic heterocycles. The van der Waals surface area contributed by atoms with Crippen molar-refractivity contribution in [1.82, 2.24) is 25.0 Å². The van der Waals surface area contributed by atoms with Crippen molar-refractivity contribution in [2.45, 2.75) is 30.6 Å². The first-order chi connectivity index (χ1) is 13.1. The number of carbonyl (C=O) groups excluding carboxylic acids is 2. The van der Waals surface area contributed by atoms with Crippen LogP contribution in [0.5, 0.6) is 5.75 Å². The molecule has 2 fully saturated rings. The predicted molar refractivity (Wildman–Crippen MR) is 99.9 cm³/mol. The number of nitrogens with one attached hydrogen (secondary N) is 1. The van der Waals surface area contributed by atoms with Crippen molar-refractivity contribution in [2.24, 2.45) is 0 Å². The molecule has 1 aromatic heterocycles. The Morgan fingerprint density at radius 3 is 2.85 bits per heavy atom. The number of aromatic nitrogens is 3. The lowest BCUT2D eigenvalue weighted by atomic mass is 10.3. The summed E-state index contributed by atoms with van der Waals surface area (Å²) in [5, 5.41) is 12.3. The SMILES string of the molecule is O=C(CSc1nnc(COc2ccccc2Cl)n1C1CC1)N1CCNC1=O. The summed E-state index contributed by atoms with van der Waals surface area (Å²) in [6, 6.07) is 7.26. The van der Waals surface area contributed by atoms with Crippen LogP contribution in [0.15, 0.2) is 29.4 Å². The van der Waals surface area contributed by atoms with Crippen molar-refractivity contribution in [3.63, 3.8) is 0 Å². The van der Waals surface area contributed by atoms with Crippen LogP contribution in [0, 0.1) is 0 Å². The molecule has 0 radical (unpaired) electrons. The van der Waals surface area contributed by atoms with Crippen molar-refractivity contribution >= 4 is 35.3 Å². The van der Waals surface area contributed by atoms with Crippen LogP contribution in [0.2, 0.25) is 5.02 Å². The van der Waals surface area contributed by atoms with Gasteiger partial charge >= 0.3 is 6.03 Å². The lowest BCUT2D eigenvalue weighted by Crippen LogP contribution is -2.35. The number of nitrogens with zero attached hydrogens (tertiary/aromatic N) is 4. The Kier molecular flexibility index (Phi) is 5.22. The topological polar surface area (TPSA) is 89.3 Å². The number of hydrogen-bond donors (Lipinski definition) is 1. The van der Waals surface area contributed by atoms with Gasteiger partial charge in [-0.3, -0.25) is 14.3 Å². The summed E-state index contributed by atoms with van der Waals surface area (Å²) in [7, 11) is 0. The Morgan fingerprint density at radius 2 is 2.15 bits per heavy atom. The Balaban J connectivity index is 1.42. The number of para-hydroxylation sites is 1. The molecular formula is C17H18ClN5O3S. The van der Waals surface area contributed by atoms with Gasteiger partial charge in [0, 0.05) is 19.1 Å². The second kappa shape index (κ2) is 7.77. The normalized spacial score (nSPS) is 16.5. The fourth-order valence-corrected chi connectivity index (χ4v) is 3.91. The van der Waals surface area contributed by atoms with Crippen molar-refractivity contribution in [3.05, 3.63) is 35.1 Å². The molecule has 0 spiro atoms. The molecule has 10 heteroatoms. The van der Waals surface area contributed by atoms with Crippen LogP contribution in [0.3, 0.4) is 0 Å². The summed E-state index contributed by atoms with van der Waals surface area (Å²) in [6.45, 7) is 1.15. The largest absolute Gasteiger partial charge is 0.484 e. The van der Waals surface area contributed by atoms with Crippen molar-refractivity contribution in [1.29, 1.82) is 0 Å². The average molecular weight is 408 g/mol. The van der Waals surface area contributed by atoms with Crippen LogP contribution in [-0.2, 0) is 11.4 Å². The lowest BCUT2D eigenvalue weighted by Gasteiger charge is -2.13. The second-order valence-electron chi connectivity index (χ2n) is 6.29. The third kappa shape index (κ3) is 4.03. The average Bonchev–Trinajstić information content (AvgIpc) is 3.28. The third-order valence-electron chi connectivity index (χ3n) is 4.32. The van der Waals surface area contributed by atoms with Gasteiger partial charge in [-0.1, -0.05) is 35.5 Å². The fourth-order valence-electron chi connectivity index (χ4n) is 2.82. The Labute approximate surface area is 165 Å². The summed E-state index contributed by atoms with van der Waals surface area (Å²) in [4.78, 5) is 25.0. The molecule has 2 aromatic rings. The third-order valence-corrected chi connectivity index (χ3v) is 5.56. The van der Waals surface area contributed by atoms with Crippen molar-refractivity contribution < 1.29 is 14.3 Å². The smallest absolute Gasteiger partial charge is 0.324 e. The number of thioether (sulfide) groups is 1. The van der Waals surface area contributed by atoms with Gasteiger partial charge in [0.2, 0.25) is 5.91 Å². The minimum atomic E-state index is -0.335. The molecular weight excluding hydrogens is 390 g/mol. The highest BCUT2D eigenvalue weighted by molar-refractivity contribution is 7.99. The van der Waals surface area contributed by atoms with E-state index in [1.165, 1.54) is 16.7 Å². The number of halogens is 1. The van der Waals surface area contributed by atoms with E-state index in [1.807, 2.05) is 16.7 Å². The highest BCUT2D eigenvalue weighted by Crippen LogP contribution is 2.39. The number of imide groups is 1. The predicted octanol–water partition coefficient (Wildman–Crippen LogP) is 2.49. The van der Waals surface area contributed by atoms with E-state index in [2.05, 4.69) is 15.5 Å². The van der Waals surface area contributed by atoms with Gasteiger partial charge < -0.3 is 10.1 Å². The van der Waals surface area contributed by atoms with Crippen LogP contribution in [0.1, 0.15) is 24.7 Å². The van der Waals surface area contributed by atoms with Crippen LogP contribution in [-0.4, -0.2) is 50.4 Å². The maximum Gasteiger partial charge on any atom is 0.324 e. The standard InChI is InChI=1S/C17H18ClN5O3S/c18-12-3-1-2-4-13(12)26-9-14-20-21-17(23(14)11-5-6-11)27-10-15(24)22-8-7-19-16(22)25/h1-4,11H,5-10H2,(H,19,25). The Morgan fingerprint density at radius 1 is 1.33 bits per heavy atom. The van der Waals surface area contributed by atoms with Crippen LogP contribution in [0.25, 0.3) is 0 Å². The summed E-state index contributed by atoms with van der Waals surface area (Å²) in [5.41, 5.74) is 0. The molecule has 3 amide bonds. The van der Waals surface area contributed by atoms with Crippen LogP contribution in [0.4, 0.5) is 4.79 Å². The molecule has 142 valence electrons. The zero-order valence-electron chi connectivity index (χ0n) is 14.4. The molecule has 27 heavy (non-hydrogen) atoms. The van der Waals surface area contributed by atoms with Crippen LogP contribution >= 0.6 is 23.4 Å². The van der Waals surface area contributed by atoms with Gasteiger partial charge in [0.25, 0.3) is 0 Å². The van der Waals surface area contributed by atoms with E-state index < -0.39 is 0 Å². The molecule has 8 nitrogen and oxygen atoms in total. The zero-order valence-corrected chi connectivity index (χ0v) is 16.0. The van der Waals surface area contributed by atoms with Crippen molar-refractivity contribution in [3.8, 4) is 5.75 Å². The van der Waals surface area contributed by atoms with Gasteiger partial charge in [0.1, 0.15) is 12.4 Å².